The first kappa shape index (κ1) is 15.9. The number of carbonyl (C=O) groups excluding carboxylic acids is 1. The Hall–Kier alpha value is -1.53. The maximum atomic E-state index is 12.6. The number of carbonyl (C=O) groups is 1. The Morgan fingerprint density at radius 1 is 1.38 bits per heavy atom. The number of amides is 1. The van der Waals surface area contributed by atoms with Crippen molar-refractivity contribution in [3.63, 3.8) is 0 Å². The fourth-order valence-electron chi connectivity index (χ4n) is 3.01. The highest BCUT2D eigenvalue weighted by molar-refractivity contribution is 5.91. The van der Waals surface area contributed by atoms with Gasteiger partial charge in [0.25, 0.3) is 5.91 Å². The summed E-state index contributed by atoms with van der Waals surface area (Å²) >= 11 is 0. The van der Waals surface area contributed by atoms with Crippen molar-refractivity contribution in [3.05, 3.63) is 17.5 Å². The number of primary amides is 1. The largest absolute Gasteiger partial charge is 0.391 e. The van der Waals surface area contributed by atoms with Gasteiger partial charge in [0.05, 0.1) is 11.6 Å². The van der Waals surface area contributed by atoms with E-state index in [9.17, 15) is 18.0 Å². The predicted molar refractivity (Wildman–Crippen MR) is 71.5 cm³/mol. The van der Waals surface area contributed by atoms with Gasteiger partial charge in [-0.3, -0.25) is 9.48 Å². The fourth-order valence-corrected chi connectivity index (χ4v) is 3.01. The van der Waals surface area contributed by atoms with E-state index in [0.717, 1.165) is 12.1 Å². The van der Waals surface area contributed by atoms with Crippen LogP contribution in [-0.2, 0) is 13.5 Å². The van der Waals surface area contributed by atoms with Crippen LogP contribution in [0, 0.1) is 11.8 Å². The van der Waals surface area contributed by atoms with Gasteiger partial charge in [-0.1, -0.05) is 0 Å². The number of hydrogen-bond acceptors (Lipinski definition) is 2. The average molecular weight is 303 g/mol. The predicted octanol–water partition coefficient (Wildman–Crippen LogP) is 2.82. The Labute approximate surface area is 121 Å². The van der Waals surface area contributed by atoms with E-state index in [1.54, 1.807) is 13.1 Å². The van der Waals surface area contributed by atoms with Crippen molar-refractivity contribution < 1.29 is 18.0 Å². The van der Waals surface area contributed by atoms with Gasteiger partial charge < -0.3 is 5.73 Å². The lowest BCUT2D eigenvalue weighted by Gasteiger charge is -2.29. The number of nitrogens with zero attached hydrogens (tertiary/aromatic N) is 2. The van der Waals surface area contributed by atoms with Crippen molar-refractivity contribution in [2.24, 2.45) is 24.6 Å². The van der Waals surface area contributed by atoms with E-state index in [1.165, 1.54) is 4.68 Å². The zero-order valence-electron chi connectivity index (χ0n) is 12.0. The van der Waals surface area contributed by atoms with E-state index in [2.05, 4.69) is 5.10 Å². The van der Waals surface area contributed by atoms with Crippen LogP contribution in [0.3, 0.4) is 0 Å². The number of hydrogen-bond donors (Lipinski definition) is 1. The molecule has 2 N–H and O–H groups in total. The summed E-state index contributed by atoms with van der Waals surface area (Å²) in [6, 6.07) is 1.66. The van der Waals surface area contributed by atoms with E-state index >= 15 is 0 Å². The minimum absolute atomic E-state index is 0.225. The summed E-state index contributed by atoms with van der Waals surface area (Å²) in [6.45, 7) is 0. The minimum Gasteiger partial charge on any atom is -0.364 e. The maximum Gasteiger partial charge on any atom is 0.391 e. The third-order valence-electron chi connectivity index (χ3n) is 4.30. The van der Waals surface area contributed by atoms with Crippen LogP contribution < -0.4 is 5.73 Å². The van der Waals surface area contributed by atoms with E-state index in [-0.39, 0.29) is 12.8 Å². The lowest BCUT2D eigenvalue weighted by molar-refractivity contribution is -0.184. The van der Waals surface area contributed by atoms with Crippen molar-refractivity contribution in [2.75, 3.05) is 0 Å². The highest BCUT2D eigenvalue weighted by Crippen LogP contribution is 2.40. The minimum atomic E-state index is -4.05. The topological polar surface area (TPSA) is 60.9 Å². The number of nitrogens with two attached hydrogens (primary N) is 1. The van der Waals surface area contributed by atoms with Crippen LogP contribution in [0.2, 0.25) is 0 Å². The second-order valence-electron chi connectivity index (χ2n) is 5.81. The molecular formula is C14H20F3N3O. The lowest BCUT2D eigenvalue weighted by atomic mass is 9.79. The molecular weight excluding hydrogens is 283 g/mol. The normalized spacial score (nSPS) is 23.2. The Morgan fingerprint density at radius 2 is 2.00 bits per heavy atom. The first-order chi connectivity index (χ1) is 9.77. The summed E-state index contributed by atoms with van der Waals surface area (Å²) < 4.78 is 39.2. The lowest BCUT2D eigenvalue weighted by Crippen LogP contribution is -2.27. The van der Waals surface area contributed by atoms with Gasteiger partial charge in [-0.05, 0) is 50.5 Å². The maximum absolute atomic E-state index is 12.6. The van der Waals surface area contributed by atoms with Crippen LogP contribution in [0.25, 0.3) is 0 Å². The van der Waals surface area contributed by atoms with Crippen LogP contribution in [0.4, 0.5) is 13.2 Å². The van der Waals surface area contributed by atoms with E-state index in [4.69, 9.17) is 5.73 Å². The molecule has 4 nitrogen and oxygen atoms in total. The van der Waals surface area contributed by atoms with Crippen LogP contribution in [0.1, 0.15) is 48.3 Å². The van der Waals surface area contributed by atoms with Crippen LogP contribution in [-0.4, -0.2) is 21.9 Å². The van der Waals surface area contributed by atoms with E-state index in [0.29, 0.717) is 30.9 Å². The number of halogens is 3. The molecule has 1 heterocycles. The Balaban J connectivity index is 1.82. The van der Waals surface area contributed by atoms with Crippen LogP contribution in [0.5, 0.6) is 0 Å². The molecule has 0 spiro atoms. The van der Waals surface area contributed by atoms with Crippen molar-refractivity contribution in [1.29, 1.82) is 0 Å². The molecule has 1 aliphatic carbocycles. The molecule has 21 heavy (non-hydrogen) atoms. The van der Waals surface area contributed by atoms with Gasteiger partial charge in [-0.15, -0.1) is 0 Å². The summed E-state index contributed by atoms with van der Waals surface area (Å²) in [5.41, 5.74) is 6.34. The highest BCUT2D eigenvalue weighted by atomic mass is 19.4. The van der Waals surface area contributed by atoms with Crippen molar-refractivity contribution >= 4 is 5.91 Å². The second-order valence-corrected chi connectivity index (χ2v) is 5.81. The molecule has 0 aliphatic heterocycles. The van der Waals surface area contributed by atoms with Gasteiger partial charge >= 0.3 is 6.18 Å². The molecule has 1 aromatic rings. The molecule has 1 aliphatic rings. The molecule has 0 radical (unpaired) electrons. The number of aryl methyl sites for hydroxylation is 2. The SMILES string of the molecule is Cn1nc(CCC2CCC(C(F)(F)F)CC2)cc1C(N)=O. The quantitative estimate of drug-likeness (QED) is 0.929. The third kappa shape index (κ3) is 3.98. The summed E-state index contributed by atoms with van der Waals surface area (Å²) in [4.78, 5) is 11.1. The second kappa shape index (κ2) is 6.07. The first-order valence-corrected chi connectivity index (χ1v) is 7.16. The standard InChI is InChI=1S/C14H20F3N3O/c1-20-12(13(18)21)8-11(19-20)7-4-9-2-5-10(6-3-9)14(15,16)17/h8-10H,2-7H2,1H3,(H2,18,21). The number of alkyl halides is 3. The molecule has 1 fully saturated rings. The van der Waals surface area contributed by atoms with E-state index < -0.39 is 18.0 Å². The number of rotatable bonds is 4. The van der Waals surface area contributed by atoms with E-state index in [1.807, 2.05) is 0 Å². The van der Waals surface area contributed by atoms with Crippen molar-refractivity contribution in [2.45, 2.75) is 44.7 Å². The van der Waals surface area contributed by atoms with Gasteiger partial charge in [-0.2, -0.15) is 18.3 Å². The smallest absolute Gasteiger partial charge is 0.364 e. The molecule has 0 aromatic carbocycles. The summed E-state index contributed by atoms with van der Waals surface area (Å²) in [5.74, 6) is -1.35. The highest BCUT2D eigenvalue weighted by Gasteiger charge is 2.41. The molecule has 1 aromatic heterocycles. The van der Waals surface area contributed by atoms with Crippen LogP contribution in [0.15, 0.2) is 6.07 Å². The summed E-state index contributed by atoms with van der Waals surface area (Å²) in [5, 5.41) is 4.21. The third-order valence-corrected chi connectivity index (χ3v) is 4.30. The Bertz CT molecular complexity index is 502. The molecule has 7 heteroatoms. The molecule has 0 unspecified atom stereocenters. The monoisotopic (exact) mass is 303 g/mol. The number of aromatic nitrogens is 2. The molecule has 0 atom stereocenters. The van der Waals surface area contributed by atoms with Crippen molar-refractivity contribution in [1.82, 2.24) is 9.78 Å². The van der Waals surface area contributed by atoms with Crippen LogP contribution >= 0.6 is 0 Å². The van der Waals surface area contributed by atoms with Gasteiger partial charge in [-0.25, -0.2) is 0 Å². The Morgan fingerprint density at radius 3 is 2.48 bits per heavy atom. The molecule has 1 amide bonds. The van der Waals surface area contributed by atoms with Gasteiger partial charge in [0.1, 0.15) is 5.69 Å². The molecule has 118 valence electrons. The first-order valence-electron chi connectivity index (χ1n) is 7.16. The molecule has 0 bridgehead atoms. The zero-order valence-corrected chi connectivity index (χ0v) is 12.0. The average Bonchev–Trinajstić information content (AvgIpc) is 2.77. The molecule has 2 rings (SSSR count). The summed E-state index contributed by atoms with van der Waals surface area (Å²) in [6.07, 6.45) is -0.907. The van der Waals surface area contributed by atoms with Gasteiger partial charge in [0.2, 0.25) is 0 Å². The summed E-state index contributed by atoms with van der Waals surface area (Å²) in [7, 11) is 1.65. The zero-order chi connectivity index (χ0) is 15.6. The fraction of sp³-hybridized carbons (Fsp3) is 0.714. The van der Waals surface area contributed by atoms with Gasteiger partial charge in [0.15, 0.2) is 0 Å². The van der Waals surface area contributed by atoms with Gasteiger partial charge in [0, 0.05) is 7.05 Å². The van der Waals surface area contributed by atoms with Crippen molar-refractivity contribution in [3.8, 4) is 0 Å². The molecule has 1 saturated carbocycles. The molecule has 0 saturated heterocycles. The Kier molecular flexibility index (Phi) is 4.58.